The summed E-state index contributed by atoms with van der Waals surface area (Å²) in [7, 11) is 0. The number of fused-ring (bicyclic) bond motifs is 1. The number of benzene rings is 1. The lowest BCUT2D eigenvalue weighted by Crippen LogP contribution is -2.21. The Kier molecular flexibility index (Phi) is 3.31. The average molecular weight is 285 g/mol. The molecule has 3 rings (SSSR count). The van der Waals surface area contributed by atoms with Crippen molar-refractivity contribution in [3.05, 3.63) is 56.5 Å². The lowest BCUT2D eigenvalue weighted by molar-refractivity contribution is 0.931. The smallest absolute Gasteiger partial charge is 0.327 e. The summed E-state index contributed by atoms with van der Waals surface area (Å²) in [4.78, 5) is 34.6. The van der Waals surface area contributed by atoms with E-state index in [1.165, 1.54) is 5.56 Å². The number of para-hydroxylation sites is 1. The van der Waals surface area contributed by atoms with Gasteiger partial charge in [0, 0.05) is 18.7 Å². The quantitative estimate of drug-likeness (QED) is 0.571. The van der Waals surface area contributed by atoms with Crippen molar-refractivity contribution < 1.29 is 0 Å². The van der Waals surface area contributed by atoms with E-state index in [2.05, 4.69) is 25.3 Å². The van der Waals surface area contributed by atoms with Crippen molar-refractivity contribution >= 4 is 16.9 Å². The van der Waals surface area contributed by atoms with E-state index in [1.54, 1.807) is 0 Å². The molecule has 2 heterocycles. The molecule has 108 valence electrons. The minimum Gasteiger partial charge on any atom is -0.384 e. The number of anilines is 1. The number of imidazole rings is 1. The van der Waals surface area contributed by atoms with Gasteiger partial charge in [0.2, 0.25) is 0 Å². The van der Waals surface area contributed by atoms with Crippen LogP contribution in [0.4, 0.5) is 5.69 Å². The number of aromatic amines is 3. The molecule has 7 heteroatoms. The molecule has 0 saturated heterocycles. The van der Waals surface area contributed by atoms with Gasteiger partial charge in [-0.1, -0.05) is 18.2 Å². The van der Waals surface area contributed by atoms with Gasteiger partial charge in [-0.2, -0.15) is 0 Å². The first-order chi connectivity index (χ1) is 10.1. The zero-order valence-corrected chi connectivity index (χ0v) is 11.5. The minimum absolute atomic E-state index is 0.287. The van der Waals surface area contributed by atoms with Gasteiger partial charge in [-0.25, -0.2) is 9.78 Å². The van der Waals surface area contributed by atoms with Crippen LogP contribution in [-0.4, -0.2) is 26.5 Å². The summed E-state index contributed by atoms with van der Waals surface area (Å²) in [6.45, 7) is 2.71. The molecule has 21 heavy (non-hydrogen) atoms. The van der Waals surface area contributed by atoms with E-state index in [0.717, 1.165) is 5.69 Å². The van der Waals surface area contributed by atoms with E-state index in [4.69, 9.17) is 0 Å². The van der Waals surface area contributed by atoms with Crippen LogP contribution in [0.3, 0.4) is 0 Å². The summed E-state index contributed by atoms with van der Waals surface area (Å²) in [6.07, 6.45) is 0.616. The second kappa shape index (κ2) is 5.28. The van der Waals surface area contributed by atoms with Crippen molar-refractivity contribution in [2.75, 3.05) is 11.9 Å². The lowest BCUT2D eigenvalue weighted by Gasteiger charge is -2.07. The minimum atomic E-state index is -0.552. The maximum absolute atomic E-state index is 11.6. The number of aryl methyl sites for hydroxylation is 1. The highest BCUT2D eigenvalue weighted by atomic mass is 16.2. The number of nitrogens with zero attached hydrogens (tertiary/aromatic N) is 1. The molecule has 0 saturated carbocycles. The van der Waals surface area contributed by atoms with Gasteiger partial charge in [-0.3, -0.25) is 14.8 Å². The number of rotatable bonds is 4. The highest BCUT2D eigenvalue weighted by Gasteiger charge is 2.07. The largest absolute Gasteiger partial charge is 0.384 e. The van der Waals surface area contributed by atoms with E-state index in [1.807, 2.05) is 31.2 Å². The molecule has 0 atom stereocenters. The summed E-state index contributed by atoms with van der Waals surface area (Å²) in [5.74, 6) is 0.651. The fourth-order valence-corrected chi connectivity index (χ4v) is 2.19. The molecule has 0 aliphatic heterocycles. The molecule has 2 aromatic heterocycles. The van der Waals surface area contributed by atoms with Crippen LogP contribution in [0.5, 0.6) is 0 Å². The Morgan fingerprint density at radius 3 is 2.76 bits per heavy atom. The summed E-state index contributed by atoms with van der Waals surface area (Å²) in [5.41, 5.74) is 1.81. The Hall–Kier alpha value is -2.83. The topological polar surface area (TPSA) is 106 Å². The van der Waals surface area contributed by atoms with Crippen molar-refractivity contribution in [3.8, 4) is 0 Å². The van der Waals surface area contributed by atoms with Gasteiger partial charge in [0.05, 0.1) is 0 Å². The van der Waals surface area contributed by atoms with Gasteiger partial charge in [0.1, 0.15) is 11.3 Å². The van der Waals surface area contributed by atoms with Crippen molar-refractivity contribution in [3.63, 3.8) is 0 Å². The SMILES string of the molecule is Cc1ccccc1NCCc1nc2[nH]c(=O)[nH]c(=O)c2[nH]1. The van der Waals surface area contributed by atoms with Crippen LogP contribution >= 0.6 is 0 Å². The fourth-order valence-electron chi connectivity index (χ4n) is 2.19. The normalized spacial score (nSPS) is 10.9. The van der Waals surface area contributed by atoms with Crippen molar-refractivity contribution in [1.29, 1.82) is 0 Å². The van der Waals surface area contributed by atoms with Crippen LogP contribution in [0.15, 0.2) is 33.9 Å². The van der Waals surface area contributed by atoms with Gasteiger partial charge < -0.3 is 10.3 Å². The molecular weight excluding hydrogens is 270 g/mol. The van der Waals surface area contributed by atoms with Gasteiger partial charge >= 0.3 is 5.69 Å². The third-order valence-corrected chi connectivity index (χ3v) is 3.26. The zero-order valence-electron chi connectivity index (χ0n) is 11.5. The van der Waals surface area contributed by atoms with E-state index >= 15 is 0 Å². The first-order valence-corrected chi connectivity index (χ1v) is 6.64. The first kappa shape index (κ1) is 13.2. The van der Waals surface area contributed by atoms with Crippen LogP contribution in [0.1, 0.15) is 11.4 Å². The molecule has 0 radical (unpaired) electrons. The number of hydrogen-bond acceptors (Lipinski definition) is 4. The molecule has 0 fully saturated rings. The van der Waals surface area contributed by atoms with Crippen molar-refractivity contribution in [2.24, 2.45) is 0 Å². The standard InChI is InChI=1S/C14H15N5O2/c1-8-4-2-3-5-9(8)15-7-6-10-16-11-12(17-10)18-14(21)19-13(11)20/h2-5,15H,6-7H2,1H3,(H3,16,17,18,19,20,21). The number of H-pyrrole nitrogens is 3. The summed E-state index contributed by atoms with van der Waals surface area (Å²) < 4.78 is 0. The van der Waals surface area contributed by atoms with Crippen molar-refractivity contribution in [2.45, 2.75) is 13.3 Å². The molecule has 0 aliphatic carbocycles. The Morgan fingerprint density at radius 1 is 1.14 bits per heavy atom. The number of nitrogens with one attached hydrogen (secondary N) is 4. The molecule has 3 aromatic rings. The number of aromatic nitrogens is 4. The van der Waals surface area contributed by atoms with E-state index in [0.29, 0.717) is 24.3 Å². The van der Waals surface area contributed by atoms with Gasteiger partial charge in [-0.15, -0.1) is 0 Å². The second-order valence-electron chi connectivity index (χ2n) is 4.81. The third-order valence-electron chi connectivity index (χ3n) is 3.26. The van der Waals surface area contributed by atoms with Crippen LogP contribution in [0, 0.1) is 6.92 Å². The third kappa shape index (κ3) is 2.71. The summed E-state index contributed by atoms with van der Waals surface area (Å²) in [6, 6.07) is 8.01. The first-order valence-electron chi connectivity index (χ1n) is 6.64. The fraction of sp³-hybridized carbons (Fsp3) is 0.214. The molecule has 4 N–H and O–H groups in total. The molecule has 1 aromatic carbocycles. The maximum atomic E-state index is 11.6. The van der Waals surface area contributed by atoms with Crippen LogP contribution in [-0.2, 0) is 6.42 Å². The van der Waals surface area contributed by atoms with E-state index in [9.17, 15) is 9.59 Å². The lowest BCUT2D eigenvalue weighted by atomic mass is 10.2. The monoisotopic (exact) mass is 285 g/mol. The highest BCUT2D eigenvalue weighted by Crippen LogP contribution is 2.13. The zero-order chi connectivity index (χ0) is 14.8. The highest BCUT2D eigenvalue weighted by molar-refractivity contribution is 5.68. The Morgan fingerprint density at radius 2 is 1.95 bits per heavy atom. The number of hydrogen-bond donors (Lipinski definition) is 4. The molecule has 0 unspecified atom stereocenters. The predicted octanol–water partition coefficient (Wildman–Crippen LogP) is 0.903. The predicted molar refractivity (Wildman–Crippen MR) is 80.7 cm³/mol. The van der Waals surface area contributed by atoms with Gasteiger partial charge in [-0.05, 0) is 18.6 Å². The summed E-state index contributed by atoms with van der Waals surface area (Å²) >= 11 is 0. The van der Waals surface area contributed by atoms with Crippen LogP contribution in [0.25, 0.3) is 11.2 Å². The Bertz CT molecular complexity index is 890. The summed E-state index contributed by atoms with van der Waals surface area (Å²) in [5, 5.41) is 3.31. The maximum Gasteiger partial charge on any atom is 0.327 e. The van der Waals surface area contributed by atoms with E-state index in [-0.39, 0.29) is 5.65 Å². The van der Waals surface area contributed by atoms with Gasteiger partial charge in [0.15, 0.2) is 5.65 Å². The molecular formula is C14H15N5O2. The molecule has 0 amide bonds. The molecule has 7 nitrogen and oxygen atoms in total. The second-order valence-corrected chi connectivity index (χ2v) is 4.81. The van der Waals surface area contributed by atoms with Gasteiger partial charge in [0.25, 0.3) is 5.56 Å². The van der Waals surface area contributed by atoms with E-state index < -0.39 is 11.2 Å². The molecule has 0 spiro atoms. The Labute approximate surface area is 119 Å². The average Bonchev–Trinajstić information content (AvgIpc) is 2.84. The van der Waals surface area contributed by atoms with Crippen molar-refractivity contribution in [1.82, 2.24) is 19.9 Å². The molecule has 0 bridgehead atoms. The molecule has 0 aliphatic rings. The van der Waals surface area contributed by atoms with Crippen LogP contribution < -0.4 is 16.6 Å². The van der Waals surface area contributed by atoms with Crippen LogP contribution in [0.2, 0.25) is 0 Å². The Balaban J connectivity index is 1.74.